The average Bonchev–Trinajstić information content (AvgIpc) is 3.39. The summed E-state index contributed by atoms with van der Waals surface area (Å²) in [6.07, 6.45) is 8.63. The first-order valence-corrected chi connectivity index (χ1v) is 13.9. The second-order valence-corrected chi connectivity index (χ2v) is 12.1. The third kappa shape index (κ3) is 5.20. The molecule has 3 aromatic carbocycles. The molecule has 4 nitrogen and oxygen atoms in total. The number of hydrogen-bond acceptors (Lipinski definition) is 3. The number of aromatic nitrogens is 2. The first-order chi connectivity index (χ1) is 16.3. The Morgan fingerprint density at radius 2 is 1.30 bits per heavy atom. The second-order valence-electron chi connectivity index (χ2n) is 8.26. The van der Waals surface area contributed by atoms with Gasteiger partial charge in [0.15, 0.2) is 8.07 Å². The molecule has 0 fully saturated rings. The topological polar surface area (TPSA) is 36.3 Å². The van der Waals surface area contributed by atoms with Crippen molar-refractivity contribution < 1.29 is 9.47 Å². The van der Waals surface area contributed by atoms with Gasteiger partial charge in [-0.25, -0.2) is 4.98 Å². The highest BCUT2D eigenvalue weighted by molar-refractivity contribution is 7.10. The fraction of sp³-hybridized carbons (Fsp3) is 0.250. The first-order valence-electron chi connectivity index (χ1n) is 11.7. The average molecular weight is 457 g/mol. The minimum atomic E-state index is -2.51. The summed E-state index contributed by atoms with van der Waals surface area (Å²) in [5.74, 6) is 1.84. The van der Waals surface area contributed by atoms with E-state index in [-0.39, 0.29) is 0 Å². The van der Waals surface area contributed by atoms with Crippen molar-refractivity contribution >= 4 is 23.6 Å². The Morgan fingerprint density at radius 3 is 1.82 bits per heavy atom. The maximum atomic E-state index is 6.05. The fourth-order valence-corrected chi connectivity index (χ4v) is 8.88. The minimum absolute atomic E-state index is 0.714. The summed E-state index contributed by atoms with van der Waals surface area (Å²) < 4.78 is 14.3. The van der Waals surface area contributed by atoms with Gasteiger partial charge in [-0.2, -0.15) is 0 Å². The molecule has 0 amide bonds. The van der Waals surface area contributed by atoms with Crippen LogP contribution in [-0.2, 0) is 6.17 Å². The van der Waals surface area contributed by atoms with Crippen LogP contribution in [0.3, 0.4) is 0 Å². The molecule has 1 heterocycles. The summed E-state index contributed by atoms with van der Waals surface area (Å²) in [5.41, 5.74) is 0. The molecule has 0 bridgehead atoms. The molecule has 0 atom stereocenters. The van der Waals surface area contributed by atoms with Crippen molar-refractivity contribution in [2.24, 2.45) is 0 Å². The van der Waals surface area contributed by atoms with Crippen molar-refractivity contribution in [3.8, 4) is 11.5 Å². The maximum absolute atomic E-state index is 6.05. The van der Waals surface area contributed by atoms with Crippen LogP contribution in [0.15, 0.2) is 97.6 Å². The number of hydrogen-bond donors (Lipinski definition) is 0. The summed E-state index contributed by atoms with van der Waals surface area (Å²) in [6.45, 7) is 5.69. The van der Waals surface area contributed by atoms with Crippen molar-refractivity contribution in [2.45, 2.75) is 32.9 Å². The molecule has 0 unspecified atom stereocenters. The van der Waals surface area contributed by atoms with Gasteiger partial charge in [-0.05, 0) is 52.7 Å². The van der Waals surface area contributed by atoms with E-state index in [1.807, 2.05) is 12.5 Å². The van der Waals surface area contributed by atoms with Gasteiger partial charge in [0.25, 0.3) is 0 Å². The predicted molar refractivity (Wildman–Crippen MR) is 138 cm³/mol. The lowest BCUT2D eigenvalue weighted by atomic mass is 10.3. The van der Waals surface area contributed by atoms with Crippen molar-refractivity contribution in [2.75, 3.05) is 13.2 Å². The normalized spacial score (nSPS) is 11.3. The minimum Gasteiger partial charge on any atom is -0.494 e. The van der Waals surface area contributed by atoms with Crippen LogP contribution in [0.4, 0.5) is 0 Å². The Morgan fingerprint density at radius 1 is 0.727 bits per heavy atom. The monoisotopic (exact) mass is 456 g/mol. The van der Waals surface area contributed by atoms with E-state index in [0.29, 0.717) is 13.2 Å². The highest BCUT2D eigenvalue weighted by Gasteiger charge is 2.40. The van der Waals surface area contributed by atoms with Crippen molar-refractivity contribution in [3.05, 3.63) is 97.6 Å². The standard InChI is InChI=1S/C28H32N2O2Si/c1-3-18-31-24-10-8-14-27(20-24)33(23-30-17-16-29-22-30,26-12-6-5-7-13-26)28-15-9-11-25(21-28)32-19-4-2/h5-17,20-22H,3-4,18-19,23H2,1-2H3. The van der Waals surface area contributed by atoms with Crippen molar-refractivity contribution in [1.29, 1.82) is 0 Å². The van der Waals surface area contributed by atoms with Crippen molar-refractivity contribution in [3.63, 3.8) is 0 Å². The molecule has 5 heteroatoms. The Balaban J connectivity index is 1.93. The Labute approximate surface area is 197 Å². The van der Waals surface area contributed by atoms with Crippen molar-refractivity contribution in [1.82, 2.24) is 9.55 Å². The Bertz CT molecular complexity index is 1080. The molecule has 0 radical (unpaired) electrons. The van der Waals surface area contributed by atoms with Gasteiger partial charge >= 0.3 is 0 Å². The molecule has 33 heavy (non-hydrogen) atoms. The molecular formula is C28H32N2O2Si. The number of nitrogens with zero attached hydrogens (tertiary/aromatic N) is 2. The number of benzene rings is 3. The van der Waals surface area contributed by atoms with E-state index >= 15 is 0 Å². The molecule has 1 aromatic heterocycles. The molecule has 170 valence electrons. The zero-order valence-corrected chi connectivity index (χ0v) is 20.5. The second kappa shape index (κ2) is 11.0. The Hall–Kier alpha value is -3.31. The quantitative estimate of drug-likeness (QED) is 0.251. The van der Waals surface area contributed by atoms with Gasteiger partial charge in [-0.1, -0.05) is 68.4 Å². The molecule has 0 aliphatic carbocycles. The molecule has 0 N–H and O–H groups in total. The SMILES string of the molecule is CCCOc1cccc([Si](Cn2ccnc2)(c2ccccc2)c2cccc(OCCC)c2)c1. The first kappa shape index (κ1) is 22.9. The van der Waals surface area contributed by atoms with Crippen LogP contribution < -0.4 is 25.0 Å². The van der Waals surface area contributed by atoms with E-state index in [9.17, 15) is 0 Å². The molecule has 4 aromatic rings. The summed E-state index contributed by atoms with van der Waals surface area (Å²) in [5, 5.41) is 3.96. The summed E-state index contributed by atoms with van der Waals surface area (Å²) in [4.78, 5) is 4.34. The lowest BCUT2D eigenvalue weighted by molar-refractivity contribution is 0.317. The van der Waals surface area contributed by atoms with E-state index in [1.165, 1.54) is 15.6 Å². The third-order valence-electron chi connectivity index (χ3n) is 5.84. The van der Waals surface area contributed by atoms with Gasteiger partial charge < -0.3 is 14.0 Å². The summed E-state index contributed by atoms with van der Waals surface area (Å²) in [6, 6.07) is 28.3. The molecular weight excluding hydrogens is 424 g/mol. The van der Waals surface area contributed by atoms with E-state index in [0.717, 1.165) is 30.5 Å². The van der Waals surface area contributed by atoms with Gasteiger partial charge in [-0.15, -0.1) is 0 Å². The molecule has 0 aliphatic rings. The van der Waals surface area contributed by atoms with E-state index in [2.05, 4.69) is 108 Å². The fourth-order valence-electron chi connectivity index (χ4n) is 4.29. The maximum Gasteiger partial charge on any atom is 0.168 e. The van der Waals surface area contributed by atoms with Gasteiger partial charge in [0.2, 0.25) is 0 Å². The lowest BCUT2D eigenvalue weighted by Crippen LogP contribution is -2.69. The third-order valence-corrected chi connectivity index (χ3v) is 10.6. The largest absolute Gasteiger partial charge is 0.494 e. The summed E-state index contributed by atoms with van der Waals surface area (Å²) in [7, 11) is -2.51. The van der Waals surface area contributed by atoms with Crippen LogP contribution in [0.1, 0.15) is 26.7 Å². The van der Waals surface area contributed by atoms with Gasteiger partial charge in [0.05, 0.1) is 19.5 Å². The smallest absolute Gasteiger partial charge is 0.168 e. The van der Waals surface area contributed by atoms with Crippen LogP contribution in [-0.4, -0.2) is 30.8 Å². The van der Waals surface area contributed by atoms with Crippen LogP contribution in [0.5, 0.6) is 11.5 Å². The van der Waals surface area contributed by atoms with E-state index in [4.69, 9.17) is 9.47 Å². The number of ether oxygens (including phenoxy) is 2. The molecule has 0 aliphatic heterocycles. The molecule has 4 rings (SSSR count). The van der Waals surface area contributed by atoms with Crippen LogP contribution in [0.25, 0.3) is 0 Å². The summed E-state index contributed by atoms with van der Waals surface area (Å²) >= 11 is 0. The Kier molecular flexibility index (Phi) is 7.63. The van der Waals surface area contributed by atoms with Gasteiger partial charge in [0, 0.05) is 18.6 Å². The van der Waals surface area contributed by atoms with E-state index in [1.54, 1.807) is 0 Å². The highest BCUT2D eigenvalue weighted by Crippen LogP contribution is 2.18. The molecule has 0 saturated carbocycles. The molecule has 0 saturated heterocycles. The molecule has 0 spiro atoms. The van der Waals surface area contributed by atoms with Gasteiger partial charge in [0.1, 0.15) is 11.5 Å². The van der Waals surface area contributed by atoms with Crippen LogP contribution in [0, 0.1) is 0 Å². The van der Waals surface area contributed by atoms with E-state index < -0.39 is 8.07 Å². The zero-order chi connectivity index (χ0) is 22.9. The van der Waals surface area contributed by atoms with Gasteiger partial charge in [-0.3, -0.25) is 0 Å². The van der Waals surface area contributed by atoms with Crippen LogP contribution in [0.2, 0.25) is 0 Å². The number of imidazole rings is 1. The number of rotatable bonds is 11. The van der Waals surface area contributed by atoms with Crippen LogP contribution >= 0.6 is 0 Å². The lowest BCUT2D eigenvalue weighted by Gasteiger charge is -2.34. The predicted octanol–water partition coefficient (Wildman–Crippen LogP) is 4.17. The highest BCUT2D eigenvalue weighted by atomic mass is 28.3. The zero-order valence-electron chi connectivity index (χ0n) is 19.5.